The highest BCUT2D eigenvalue weighted by atomic mass is 16.5. The number of ether oxygens (including phenoxy) is 1. The monoisotopic (exact) mass is 352 g/mol. The van der Waals surface area contributed by atoms with Crippen LogP contribution < -0.4 is 4.74 Å². The van der Waals surface area contributed by atoms with E-state index in [2.05, 4.69) is 37.9 Å². The molecule has 0 radical (unpaired) electrons. The minimum Gasteiger partial charge on any atom is -0.497 e. The smallest absolute Gasteiger partial charge is 0.185 e. The molecule has 2 unspecified atom stereocenters. The second-order valence-electron chi connectivity index (χ2n) is 6.69. The molecule has 0 bridgehead atoms. The van der Waals surface area contributed by atoms with Crippen molar-refractivity contribution in [3.8, 4) is 5.75 Å². The van der Waals surface area contributed by atoms with Crippen molar-refractivity contribution in [3.63, 3.8) is 0 Å². The first-order valence-corrected chi connectivity index (χ1v) is 9.23. The average molecular weight is 352 g/mol. The van der Waals surface area contributed by atoms with Gasteiger partial charge in [0.2, 0.25) is 0 Å². The number of carbonyl (C=O) groups excluding carboxylic acids is 1. The summed E-state index contributed by atoms with van der Waals surface area (Å²) in [6, 6.07) is 7.41. The fourth-order valence-corrected chi connectivity index (χ4v) is 2.76. The highest BCUT2D eigenvalue weighted by molar-refractivity contribution is 6.10. The van der Waals surface area contributed by atoms with Gasteiger partial charge in [0.15, 0.2) is 5.78 Å². The number of nitrogens with zero attached hydrogens (tertiary/aromatic N) is 2. The Kier molecular flexibility index (Phi) is 7.07. The molecule has 0 aliphatic heterocycles. The molecule has 0 heterocycles. The molecule has 0 saturated carbocycles. The van der Waals surface area contributed by atoms with Gasteiger partial charge >= 0.3 is 0 Å². The van der Waals surface area contributed by atoms with Crippen molar-refractivity contribution in [3.05, 3.63) is 59.3 Å². The summed E-state index contributed by atoms with van der Waals surface area (Å²) in [4.78, 5) is 12.8. The summed E-state index contributed by atoms with van der Waals surface area (Å²) in [7, 11) is 1.63. The standard InChI is InChI=1S/C22H28N2O2/c1-6-15(3)20-12-17(13-21(22(20)25)16(4)7-2)14-23-24-18-8-10-19(26-5)11-9-18/h8-16H,6-7H2,1-5H3. The predicted molar refractivity (Wildman–Crippen MR) is 106 cm³/mol. The van der Waals surface area contributed by atoms with Gasteiger partial charge in [-0.05, 0) is 66.7 Å². The lowest BCUT2D eigenvalue weighted by atomic mass is 9.80. The second-order valence-corrected chi connectivity index (χ2v) is 6.69. The number of azo groups is 1. The molecule has 0 saturated heterocycles. The minimum atomic E-state index is 0.179. The van der Waals surface area contributed by atoms with Gasteiger partial charge in [-0.25, -0.2) is 0 Å². The Balaban J connectivity index is 2.29. The normalized spacial score (nSPS) is 17.0. The summed E-state index contributed by atoms with van der Waals surface area (Å²) in [5.74, 6) is 1.43. The van der Waals surface area contributed by atoms with Crippen LogP contribution in [0.3, 0.4) is 0 Å². The van der Waals surface area contributed by atoms with E-state index < -0.39 is 0 Å². The van der Waals surface area contributed by atoms with Crippen LogP contribution in [-0.4, -0.2) is 12.9 Å². The molecule has 0 N–H and O–H groups in total. The largest absolute Gasteiger partial charge is 0.497 e. The number of rotatable bonds is 7. The van der Waals surface area contributed by atoms with E-state index in [-0.39, 0.29) is 17.6 Å². The van der Waals surface area contributed by atoms with E-state index in [9.17, 15) is 4.79 Å². The quantitative estimate of drug-likeness (QED) is 0.549. The van der Waals surface area contributed by atoms with Crippen molar-refractivity contribution >= 4 is 11.5 Å². The van der Waals surface area contributed by atoms with Crippen molar-refractivity contribution in [1.82, 2.24) is 0 Å². The lowest BCUT2D eigenvalue weighted by Gasteiger charge is -2.22. The Morgan fingerprint density at radius 3 is 2.00 bits per heavy atom. The first-order chi connectivity index (χ1) is 12.5. The van der Waals surface area contributed by atoms with Gasteiger partial charge in [0.05, 0.1) is 19.0 Å². The minimum absolute atomic E-state index is 0.179. The topological polar surface area (TPSA) is 51.0 Å². The molecular weight excluding hydrogens is 324 g/mol. The molecule has 0 amide bonds. The molecule has 2 rings (SSSR count). The predicted octanol–water partition coefficient (Wildman–Crippen LogP) is 6.19. The maximum absolute atomic E-state index is 12.8. The van der Waals surface area contributed by atoms with E-state index in [0.717, 1.165) is 41.0 Å². The molecule has 0 spiro atoms. The van der Waals surface area contributed by atoms with Crippen molar-refractivity contribution in [2.45, 2.75) is 40.5 Å². The van der Waals surface area contributed by atoms with E-state index >= 15 is 0 Å². The Morgan fingerprint density at radius 2 is 1.54 bits per heavy atom. The van der Waals surface area contributed by atoms with Crippen LogP contribution in [0.1, 0.15) is 40.5 Å². The van der Waals surface area contributed by atoms with Gasteiger partial charge in [0.1, 0.15) is 5.75 Å². The number of hydrogen-bond donors (Lipinski definition) is 0. The van der Waals surface area contributed by atoms with Gasteiger partial charge in [-0.3, -0.25) is 4.79 Å². The van der Waals surface area contributed by atoms with Crippen LogP contribution in [0.15, 0.2) is 69.6 Å². The zero-order valence-corrected chi connectivity index (χ0v) is 16.3. The fourth-order valence-electron chi connectivity index (χ4n) is 2.76. The van der Waals surface area contributed by atoms with Crippen LogP contribution >= 0.6 is 0 Å². The van der Waals surface area contributed by atoms with Crippen LogP contribution in [0, 0.1) is 11.8 Å². The van der Waals surface area contributed by atoms with Crippen LogP contribution in [0.5, 0.6) is 5.75 Å². The number of carbonyl (C=O) groups is 1. The Hall–Kier alpha value is -2.49. The molecule has 1 aliphatic carbocycles. The van der Waals surface area contributed by atoms with Gasteiger partial charge < -0.3 is 4.74 Å². The summed E-state index contributed by atoms with van der Waals surface area (Å²) in [5, 5.41) is 8.43. The molecular formula is C22H28N2O2. The molecule has 1 aromatic rings. The summed E-state index contributed by atoms with van der Waals surface area (Å²) < 4.78 is 5.14. The van der Waals surface area contributed by atoms with E-state index in [4.69, 9.17) is 4.74 Å². The van der Waals surface area contributed by atoms with Gasteiger partial charge in [0, 0.05) is 11.1 Å². The molecule has 1 aromatic carbocycles. The number of benzene rings is 1. The molecule has 26 heavy (non-hydrogen) atoms. The highest BCUT2D eigenvalue weighted by Crippen LogP contribution is 2.31. The van der Waals surface area contributed by atoms with Crippen LogP contribution in [-0.2, 0) is 4.79 Å². The van der Waals surface area contributed by atoms with Crippen molar-refractivity contribution in [2.24, 2.45) is 22.1 Å². The number of ketones is 1. The maximum Gasteiger partial charge on any atom is 0.185 e. The van der Waals surface area contributed by atoms with Gasteiger partial charge in [-0.1, -0.05) is 27.7 Å². The summed E-state index contributed by atoms with van der Waals surface area (Å²) >= 11 is 0. The third-order valence-corrected chi connectivity index (χ3v) is 4.91. The molecule has 4 heteroatoms. The Labute approximate surface area is 156 Å². The average Bonchev–Trinajstić information content (AvgIpc) is 2.68. The summed E-state index contributed by atoms with van der Waals surface area (Å²) in [5.41, 5.74) is 3.42. The first-order valence-electron chi connectivity index (χ1n) is 9.23. The van der Waals surface area contributed by atoms with E-state index in [1.165, 1.54) is 0 Å². The van der Waals surface area contributed by atoms with E-state index in [1.54, 1.807) is 13.3 Å². The zero-order chi connectivity index (χ0) is 19.1. The fraction of sp³-hybridized carbons (Fsp3) is 0.409. The molecule has 1 aliphatic rings. The van der Waals surface area contributed by atoms with Crippen LogP contribution in [0.2, 0.25) is 0 Å². The number of allylic oxidation sites excluding steroid dienone is 5. The zero-order valence-electron chi connectivity index (χ0n) is 16.3. The number of methoxy groups -OCH3 is 1. The number of Topliss-reactive ketones (excluding diaryl/α,β-unsaturated/α-hetero) is 1. The van der Waals surface area contributed by atoms with Gasteiger partial charge in [0.25, 0.3) is 0 Å². The number of hydrogen-bond acceptors (Lipinski definition) is 4. The molecule has 4 nitrogen and oxygen atoms in total. The first kappa shape index (κ1) is 19.8. The van der Waals surface area contributed by atoms with E-state index in [0.29, 0.717) is 0 Å². The SMILES string of the molecule is CCC(C)C1=CC(=CN=Nc2ccc(OC)cc2)C=C(C(C)CC)C1=O. The lowest BCUT2D eigenvalue weighted by molar-refractivity contribution is -0.113. The van der Waals surface area contributed by atoms with Crippen LogP contribution in [0.4, 0.5) is 5.69 Å². The lowest BCUT2D eigenvalue weighted by Crippen LogP contribution is -2.20. The Morgan fingerprint density at radius 1 is 1.00 bits per heavy atom. The van der Waals surface area contributed by atoms with Crippen LogP contribution in [0.25, 0.3) is 0 Å². The third-order valence-electron chi connectivity index (χ3n) is 4.91. The Bertz CT molecular complexity index is 723. The molecule has 0 fully saturated rings. The van der Waals surface area contributed by atoms with Gasteiger partial charge in [-0.15, -0.1) is 0 Å². The van der Waals surface area contributed by atoms with Crippen molar-refractivity contribution < 1.29 is 9.53 Å². The third kappa shape index (κ3) is 4.78. The van der Waals surface area contributed by atoms with Gasteiger partial charge in [-0.2, -0.15) is 10.2 Å². The summed E-state index contributed by atoms with van der Waals surface area (Å²) in [6.07, 6.45) is 7.50. The maximum atomic E-state index is 12.8. The molecule has 2 atom stereocenters. The second kappa shape index (κ2) is 9.27. The highest BCUT2D eigenvalue weighted by Gasteiger charge is 2.26. The summed E-state index contributed by atoms with van der Waals surface area (Å²) in [6.45, 7) is 8.40. The van der Waals surface area contributed by atoms with E-state index in [1.807, 2.05) is 36.4 Å². The molecule has 0 aromatic heterocycles. The molecule has 138 valence electrons. The van der Waals surface area contributed by atoms with Crippen molar-refractivity contribution in [2.75, 3.05) is 7.11 Å². The van der Waals surface area contributed by atoms with Crippen molar-refractivity contribution in [1.29, 1.82) is 0 Å².